The number of rotatable bonds is 9. The fourth-order valence-electron chi connectivity index (χ4n) is 1.12. The normalized spacial score (nSPS) is 12.9. The van der Waals surface area contributed by atoms with Crippen LogP contribution in [0.4, 0.5) is 0 Å². The van der Waals surface area contributed by atoms with Gasteiger partial charge >= 0.3 is 0 Å². The molecule has 1 rings (SSSR count). The topological polar surface area (TPSA) is 76.8 Å². The third-order valence-electron chi connectivity index (χ3n) is 1.92. The summed E-state index contributed by atoms with van der Waals surface area (Å²) in [5.74, 6) is 0. The first-order valence-electron chi connectivity index (χ1n) is 5.17. The second kappa shape index (κ2) is 8.23. The molecular formula is C10H18N2O4. The largest absolute Gasteiger partial charge is 0.389 e. The minimum absolute atomic E-state index is 0.301. The van der Waals surface area contributed by atoms with Crippen LogP contribution in [-0.4, -0.2) is 49.8 Å². The monoisotopic (exact) mass is 230 g/mol. The second-order valence-corrected chi connectivity index (χ2v) is 3.34. The molecule has 0 aromatic carbocycles. The molecule has 92 valence electrons. The molecule has 16 heavy (non-hydrogen) atoms. The van der Waals surface area contributed by atoms with Gasteiger partial charge in [0, 0.05) is 26.3 Å². The van der Waals surface area contributed by atoms with Gasteiger partial charge in [0.15, 0.2) is 0 Å². The summed E-state index contributed by atoms with van der Waals surface area (Å²) in [6, 6.07) is 1.77. The summed E-state index contributed by atoms with van der Waals surface area (Å²) >= 11 is 0. The van der Waals surface area contributed by atoms with Crippen LogP contribution in [0.1, 0.15) is 5.69 Å². The van der Waals surface area contributed by atoms with Gasteiger partial charge in [-0.1, -0.05) is 5.16 Å². The Kier molecular flexibility index (Phi) is 6.75. The third kappa shape index (κ3) is 5.82. The molecule has 0 spiro atoms. The zero-order valence-corrected chi connectivity index (χ0v) is 9.39. The Morgan fingerprint density at radius 3 is 3.12 bits per heavy atom. The average molecular weight is 230 g/mol. The number of hydrogen-bond donors (Lipinski definition) is 2. The Morgan fingerprint density at radius 1 is 1.56 bits per heavy atom. The van der Waals surface area contributed by atoms with Crippen molar-refractivity contribution in [2.24, 2.45) is 0 Å². The van der Waals surface area contributed by atoms with Crippen LogP contribution in [-0.2, 0) is 16.0 Å². The van der Waals surface area contributed by atoms with Gasteiger partial charge in [0.05, 0.1) is 31.6 Å². The van der Waals surface area contributed by atoms with Gasteiger partial charge in [0.1, 0.15) is 6.26 Å². The number of methoxy groups -OCH3 is 1. The number of aliphatic hydroxyl groups excluding tert-OH is 1. The van der Waals surface area contributed by atoms with E-state index in [2.05, 4.69) is 15.0 Å². The molecular weight excluding hydrogens is 212 g/mol. The van der Waals surface area contributed by atoms with Crippen molar-refractivity contribution in [3.05, 3.63) is 18.0 Å². The molecule has 0 aliphatic rings. The molecule has 0 radical (unpaired) electrons. The molecule has 0 fully saturated rings. The smallest absolute Gasteiger partial charge is 0.124 e. The van der Waals surface area contributed by atoms with Crippen LogP contribution in [0.3, 0.4) is 0 Å². The van der Waals surface area contributed by atoms with Crippen molar-refractivity contribution in [1.29, 1.82) is 0 Å². The molecule has 0 amide bonds. The van der Waals surface area contributed by atoms with E-state index >= 15 is 0 Å². The summed E-state index contributed by atoms with van der Waals surface area (Å²) in [7, 11) is 1.61. The quantitative estimate of drug-likeness (QED) is 0.572. The van der Waals surface area contributed by atoms with Crippen molar-refractivity contribution in [3.8, 4) is 0 Å². The van der Waals surface area contributed by atoms with Crippen molar-refractivity contribution in [3.63, 3.8) is 0 Å². The number of aliphatic hydroxyl groups is 1. The molecule has 2 N–H and O–H groups in total. The average Bonchev–Trinajstić information content (AvgIpc) is 2.77. The first kappa shape index (κ1) is 13.1. The minimum atomic E-state index is -0.524. The summed E-state index contributed by atoms with van der Waals surface area (Å²) in [6.45, 7) is 2.37. The lowest BCUT2D eigenvalue weighted by molar-refractivity contribution is 0.0137. The van der Waals surface area contributed by atoms with E-state index in [0.717, 1.165) is 5.69 Å². The van der Waals surface area contributed by atoms with Crippen molar-refractivity contribution >= 4 is 0 Å². The van der Waals surface area contributed by atoms with Gasteiger partial charge in [-0.3, -0.25) is 0 Å². The van der Waals surface area contributed by atoms with Gasteiger partial charge in [-0.2, -0.15) is 0 Å². The fraction of sp³-hybridized carbons (Fsp3) is 0.700. The van der Waals surface area contributed by atoms with Gasteiger partial charge in [-0.05, 0) is 0 Å². The summed E-state index contributed by atoms with van der Waals surface area (Å²) in [6.07, 6.45) is 0.991. The maximum absolute atomic E-state index is 9.50. The van der Waals surface area contributed by atoms with Crippen molar-refractivity contribution in [2.45, 2.75) is 12.6 Å². The van der Waals surface area contributed by atoms with Crippen molar-refractivity contribution < 1.29 is 19.1 Å². The van der Waals surface area contributed by atoms with E-state index in [1.54, 1.807) is 13.2 Å². The minimum Gasteiger partial charge on any atom is -0.389 e. The molecule has 1 heterocycles. The van der Waals surface area contributed by atoms with E-state index in [1.807, 2.05) is 0 Å². The number of ether oxygens (including phenoxy) is 2. The molecule has 6 nitrogen and oxygen atoms in total. The lowest BCUT2D eigenvalue weighted by atomic mass is 10.3. The molecule has 0 saturated carbocycles. The SMILES string of the molecule is COCCOCC(O)CNCc1ccon1. The fourth-order valence-corrected chi connectivity index (χ4v) is 1.12. The third-order valence-corrected chi connectivity index (χ3v) is 1.92. The van der Waals surface area contributed by atoms with Gasteiger partial charge in [-0.15, -0.1) is 0 Å². The summed E-state index contributed by atoms with van der Waals surface area (Å²) < 4.78 is 14.7. The highest BCUT2D eigenvalue weighted by Crippen LogP contribution is 1.93. The summed E-state index contributed by atoms with van der Waals surface area (Å²) in [4.78, 5) is 0. The predicted octanol–water partition coefficient (Wildman–Crippen LogP) is -0.212. The number of nitrogens with zero attached hydrogens (tertiary/aromatic N) is 1. The van der Waals surface area contributed by atoms with E-state index in [0.29, 0.717) is 32.9 Å². The molecule has 0 saturated heterocycles. The number of aromatic nitrogens is 1. The Labute approximate surface area is 94.5 Å². The number of hydrogen-bond acceptors (Lipinski definition) is 6. The molecule has 1 aromatic rings. The zero-order valence-electron chi connectivity index (χ0n) is 9.39. The standard InChI is InChI=1S/C10H18N2O4/c1-14-4-5-15-8-10(13)7-11-6-9-2-3-16-12-9/h2-3,10-11,13H,4-8H2,1H3. The van der Waals surface area contributed by atoms with Crippen LogP contribution in [0, 0.1) is 0 Å². The van der Waals surface area contributed by atoms with E-state index in [-0.39, 0.29) is 0 Å². The van der Waals surface area contributed by atoms with Crippen molar-refractivity contribution in [2.75, 3.05) is 33.5 Å². The maximum Gasteiger partial charge on any atom is 0.124 e. The van der Waals surface area contributed by atoms with Gasteiger partial charge in [0.2, 0.25) is 0 Å². The molecule has 0 aliphatic carbocycles. The highest BCUT2D eigenvalue weighted by molar-refractivity contribution is 4.94. The van der Waals surface area contributed by atoms with Crippen LogP contribution in [0.15, 0.2) is 16.9 Å². The molecule has 0 bridgehead atoms. The predicted molar refractivity (Wildman–Crippen MR) is 56.9 cm³/mol. The van der Waals surface area contributed by atoms with Gasteiger partial charge < -0.3 is 24.4 Å². The van der Waals surface area contributed by atoms with Crippen LogP contribution < -0.4 is 5.32 Å². The lowest BCUT2D eigenvalue weighted by Crippen LogP contribution is -2.30. The first-order chi connectivity index (χ1) is 7.83. The zero-order chi connectivity index (χ0) is 11.6. The Morgan fingerprint density at radius 2 is 2.44 bits per heavy atom. The Hall–Kier alpha value is -0.950. The Balaban J connectivity index is 1.95. The van der Waals surface area contributed by atoms with E-state index in [1.165, 1.54) is 6.26 Å². The summed E-state index contributed by atoms with van der Waals surface area (Å²) in [5, 5.41) is 16.3. The maximum atomic E-state index is 9.50. The second-order valence-electron chi connectivity index (χ2n) is 3.34. The van der Waals surface area contributed by atoms with Crippen LogP contribution in [0.25, 0.3) is 0 Å². The van der Waals surface area contributed by atoms with Crippen molar-refractivity contribution in [1.82, 2.24) is 10.5 Å². The van der Waals surface area contributed by atoms with E-state index < -0.39 is 6.10 Å². The Bertz CT molecular complexity index is 253. The van der Waals surface area contributed by atoms with Gasteiger partial charge in [0.25, 0.3) is 0 Å². The molecule has 0 aliphatic heterocycles. The van der Waals surface area contributed by atoms with Gasteiger partial charge in [-0.25, -0.2) is 0 Å². The molecule has 1 unspecified atom stereocenters. The van der Waals surface area contributed by atoms with E-state index in [4.69, 9.17) is 9.47 Å². The summed E-state index contributed by atoms with van der Waals surface area (Å²) in [5.41, 5.74) is 0.813. The first-order valence-corrected chi connectivity index (χ1v) is 5.17. The number of nitrogens with one attached hydrogen (secondary N) is 1. The van der Waals surface area contributed by atoms with Crippen LogP contribution in [0.2, 0.25) is 0 Å². The van der Waals surface area contributed by atoms with Crippen LogP contribution >= 0.6 is 0 Å². The van der Waals surface area contributed by atoms with Crippen LogP contribution in [0.5, 0.6) is 0 Å². The lowest BCUT2D eigenvalue weighted by Gasteiger charge is -2.11. The highest BCUT2D eigenvalue weighted by atomic mass is 16.5. The van der Waals surface area contributed by atoms with E-state index in [9.17, 15) is 5.11 Å². The molecule has 1 aromatic heterocycles. The molecule has 1 atom stereocenters. The molecule has 6 heteroatoms. The highest BCUT2D eigenvalue weighted by Gasteiger charge is 2.04.